The lowest BCUT2D eigenvalue weighted by Gasteiger charge is -2.18. The van der Waals surface area contributed by atoms with E-state index in [2.05, 4.69) is 10.3 Å². The second kappa shape index (κ2) is 5.48. The first kappa shape index (κ1) is 13.0. The van der Waals surface area contributed by atoms with Crippen molar-refractivity contribution in [3.05, 3.63) is 54.0 Å². The van der Waals surface area contributed by atoms with Crippen molar-refractivity contribution in [3.8, 4) is 0 Å². The summed E-state index contributed by atoms with van der Waals surface area (Å²) < 4.78 is 13.2. The molecule has 0 aliphatic carbocycles. The molecule has 4 nitrogen and oxygen atoms in total. The standard InChI is InChI=1S/C14H14FN3O/c1-16-13-12(7-4-8-17-13)14(19)18(2)11-6-3-5-10(15)9-11/h3-9H,1-2H3,(H,16,17). The molecule has 0 atom stereocenters. The van der Waals surface area contributed by atoms with Gasteiger partial charge in [-0.25, -0.2) is 9.37 Å². The SMILES string of the molecule is CNc1ncccc1C(=O)N(C)c1cccc(F)c1. The largest absolute Gasteiger partial charge is 0.372 e. The maximum absolute atomic E-state index is 13.2. The van der Waals surface area contributed by atoms with E-state index in [0.29, 0.717) is 17.1 Å². The molecule has 0 spiro atoms. The molecular formula is C14H14FN3O. The highest BCUT2D eigenvalue weighted by Gasteiger charge is 2.17. The first-order valence-electron chi connectivity index (χ1n) is 5.80. The van der Waals surface area contributed by atoms with E-state index in [0.717, 1.165) is 0 Å². The van der Waals surface area contributed by atoms with Crippen LogP contribution in [-0.2, 0) is 0 Å². The Kier molecular flexibility index (Phi) is 3.75. The van der Waals surface area contributed by atoms with Crippen LogP contribution in [0.4, 0.5) is 15.9 Å². The number of nitrogens with one attached hydrogen (secondary N) is 1. The maximum Gasteiger partial charge on any atom is 0.261 e. The van der Waals surface area contributed by atoms with Crippen LogP contribution < -0.4 is 10.2 Å². The lowest BCUT2D eigenvalue weighted by molar-refractivity contribution is 0.0993. The van der Waals surface area contributed by atoms with Crippen LogP contribution in [0.2, 0.25) is 0 Å². The molecule has 19 heavy (non-hydrogen) atoms. The third-order valence-electron chi connectivity index (χ3n) is 2.78. The first-order chi connectivity index (χ1) is 9.13. The van der Waals surface area contributed by atoms with Crippen molar-refractivity contribution in [1.82, 2.24) is 4.98 Å². The van der Waals surface area contributed by atoms with E-state index in [9.17, 15) is 9.18 Å². The third kappa shape index (κ3) is 2.70. The minimum absolute atomic E-state index is 0.247. The number of benzene rings is 1. The Morgan fingerprint density at radius 3 is 2.79 bits per heavy atom. The summed E-state index contributed by atoms with van der Waals surface area (Å²) in [5, 5.41) is 2.86. The van der Waals surface area contributed by atoms with Gasteiger partial charge in [-0.3, -0.25) is 4.79 Å². The van der Waals surface area contributed by atoms with Gasteiger partial charge in [0.05, 0.1) is 5.56 Å². The number of pyridine rings is 1. The molecule has 2 aromatic rings. The van der Waals surface area contributed by atoms with Crippen molar-refractivity contribution in [2.45, 2.75) is 0 Å². The zero-order valence-electron chi connectivity index (χ0n) is 10.7. The molecule has 1 N–H and O–H groups in total. The summed E-state index contributed by atoms with van der Waals surface area (Å²) in [6.07, 6.45) is 1.60. The van der Waals surface area contributed by atoms with Gasteiger partial charge in [-0.05, 0) is 30.3 Å². The fraction of sp³-hybridized carbons (Fsp3) is 0.143. The van der Waals surface area contributed by atoms with Gasteiger partial charge in [-0.1, -0.05) is 6.07 Å². The molecule has 1 aromatic heterocycles. The molecule has 1 heterocycles. The molecule has 0 bridgehead atoms. The summed E-state index contributed by atoms with van der Waals surface area (Å²) in [5.41, 5.74) is 0.938. The average Bonchev–Trinajstić information content (AvgIpc) is 2.45. The van der Waals surface area contributed by atoms with E-state index in [1.54, 1.807) is 44.6 Å². The predicted octanol–water partition coefficient (Wildman–Crippen LogP) is 2.54. The summed E-state index contributed by atoms with van der Waals surface area (Å²) in [6.45, 7) is 0. The Hall–Kier alpha value is -2.43. The number of rotatable bonds is 3. The number of halogens is 1. The zero-order chi connectivity index (χ0) is 13.8. The molecule has 1 aromatic carbocycles. The van der Waals surface area contributed by atoms with Crippen molar-refractivity contribution in [2.75, 3.05) is 24.3 Å². The van der Waals surface area contributed by atoms with E-state index in [1.807, 2.05) is 0 Å². The number of carbonyl (C=O) groups is 1. The molecule has 0 fully saturated rings. The summed E-state index contributed by atoms with van der Waals surface area (Å²) in [4.78, 5) is 17.8. The molecule has 0 aliphatic rings. The third-order valence-corrected chi connectivity index (χ3v) is 2.78. The lowest BCUT2D eigenvalue weighted by Crippen LogP contribution is -2.27. The minimum atomic E-state index is -0.378. The number of aromatic nitrogens is 1. The molecule has 1 amide bonds. The predicted molar refractivity (Wildman–Crippen MR) is 72.9 cm³/mol. The van der Waals surface area contributed by atoms with Gasteiger partial charge < -0.3 is 10.2 Å². The number of hydrogen-bond acceptors (Lipinski definition) is 3. The second-order valence-electron chi connectivity index (χ2n) is 3.99. The van der Waals surface area contributed by atoms with Crippen molar-refractivity contribution in [3.63, 3.8) is 0 Å². The van der Waals surface area contributed by atoms with E-state index in [4.69, 9.17) is 0 Å². The van der Waals surface area contributed by atoms with Gasteiger partial charge in [0, 0.05) is 26.0 Å². The van der Waals surface area contributed by atoms with E-state index in [1.165, 1.54) is 17.0 Å². The van der Waals surface area contributed by atoms with E-state index < -0.39 is 0 Å². The summed E-state index contributed by atoms with van der Waals surface area (Å²) >= 11 is 0. The van der Waals surface area contributed by atoms with E-state index >= 15 is 0 Å². The Bertz CT molecular complexity index is 601. The fourth-order valence-electron chi connectivity index (χ4n) is 1.76. The molecule has 0 unspecified atom stereocenters. The molecule has 5 heteroatoms. The summed E-state index contributed by atoms with van der Waals surface area (Å²) in [7, 11) is 3.30. The highest BCUT2D eigenvalue weighted by atomic mass is 19.1. The molecule has 2 rings (SSSR count). The van der Waals surface area contributed by atoms with Crippen LogP contribution in [0.3, 0.4) is 0 Å². The van der Waals surface area contributed by atoms with Crippen LogP contribution in [0.25, 0.3) is 0 Å². The second-order valence-corrected chi connectivity index (χ2v) is 3.99. The maximum atomic E-state index is 13.2. The monoisotopic (exact) mass is 259 g/mol. The van der Waals surface area contributed by atoms with Gasteiger partial charge >= 0.3 is 0 Å². The quantitative estimate of drug-likeness (QED) is 0.921. The highest BCUT2D eigenvalue weighted by molar-refractivity contribution is 6.08. The van der Waals surface area contributed by atoms with Crippen molar-refractivity contribution in [1.29, 1.82) is 0 Å². The van der Waals surface area contributed by atoms with Gasteiger partial charge in [0.2, 0.25) is 0 Å². The molecular weight excluding hydrogens is 245 g/mol. The van der Waals surface area contributed by atoms with Gasteiger partial charge in [0.15, 0.2) is 0 Å². The smallest absolute Gasteiger partial charge is 0.261 e. The normalized spacial score (nSPS) is 10.1. The van der Waals surface area contributed by atoms with Gasteiger partial charge in [0.1, 0.15) is 11.6 Å². The van der Waals surface area contributed by atoms with Crippen LogP contribution in [0.1, 0.15) is 10.4 Å². The van der Waals surface area contributed by atoms with Crippen molar-refractivity contribution >= 4 is 17.4 Å². The molecule has 0 radical (unpaired) electrons. The lowest BCUT2D eigenvalue weighted by atomic mass is 10.2. The van der Waals surface area contributed by atoms with Crippen molar-refractivity contribution < 1.29 is 9.18 Å². The highest BCUT2D eigenvalue weighted by Crippen LogP contribution is 2.19. The molecule has 0 saturated carbocycles. The number of hydrogen-bond donors (Lipinski definition) is 1. The Labute approximate surface area is 110 Å². The minimum Gasteiger partial charge on any atom is -0.372 e. The number of amides is 1. The first-order valence-corrected chi connectivity index (χ1v) is 5.80. The number of carbonyl (C=O) groups excluding carboxylic acids is 1. The Morgan fingerprint density at radius 2 is 2.11 bits per heavy atom. The molecule has 0 aliphatic heterocycles. The van der Waals surface area contributed by atoms with Crippen LogP contribution >= 0.6 is 0 Å². The van der Waals surface area contributed by atoms with Crippen LogP contribution in [0.15, 0.2) is 42.6 Å². The molecule has 98 valence electrons. The zero-order valence-corrected chi connectivity index (χ0v) is 10.7. The van der Waals surface area contributed by atoms with Gasteiger partial charge in [-0.15, -0.1) is 0 Å². The Balaban J connectivity index is 2.33. The number of anilines is 2. The van der Waals surface area contributed by atoms with Crippen LogP contribution in [-0.4, -0.2) is 25.0 Å². The van der Waals surface area contributed by atoms with E-state index in [-0.39, 0.29) is 11.7 Å². The molecule has 0 saturated heterocycles. The topological polar surface area (TPSA) is 45.2 Å². The Morgan fingerprint density at radius 1 is 1.32 bits per heavy atom. The number of nitrogens with zero attached hydrogens (tertiary/aromatic N) is 2. The summed E-state index contributed by atoms with van der Waals surface area (Å²) in [5.74, 6) is -0.129. The van der Waals surface area contributed by atoms with Gasteiger partial charge in [-0.2, -0.15) is 0 Å². The fourth-order valence-corrected chi connectivity index (χ4v) is 1.76. The van der Waals surface area contributed by atoms with Crippen LogP contribution in [0.5, 0.6) is 0 Å². The van der Waals surface area contributed by atoms with Crippen molar-refractivity contribution in [2.24, 2.45) is 0 Å². The van der Waals surface area contributed by atoms with Crippen LogP contribution in [0, 0.1) is 5.82 Å². The average molecular weight is 259 g/mol. The van der Waals surface area contributed by atoms with Gasteiger partial charge in [0.25, 0.3) is 5.91 Å². The summed E-state index contributed by atoms with van der Waals surface area (Å²) in [6, 6.07) is 9.26.